The van der Waals surface area contributed by atoms with Gasteiger partial charge in [0.1, 0.15) is 29.0 Å². The van der Waals surface area contributed by atoms with E-state index in [1.54, 1.807) is 31.4 Å². The predicted octanol–water partition coefficient (Wildman–Crippen LogP) is 13.0. The van der Waals surface area contributed by atoms with Crippen LogP contribution in [0.4, 0.5) is 8.78 Å². The van der Waals surface area contributed by atoms with E-state index in [4.69, 9.17) is 26.3 Å². The zero-order chi connectivity index (χ0) is 49.0. The highest BCUT2D eigenvalue weighted by Gasteiger charge is 2.71. The van der Waals surface area contributed by atoms with E-state index in [0.29, 0.717) is 90.1 Å². The Kier molecular flexibility index (Phi) is 15.2. The number of halogens is 3. The van der Waals surface area contributed by atoms with Gasteiger partial charge in [-0.15, -0.1) is 0 Å². The first-order chi connectivity index (χ1) is 34.7. The second-order valence-electron chi connectivity index (χ2n) is 21.3. The number of nitrogens with one attached hydrogen (secondary N) is 2. The Morgan fingerprint density at radius 1 is 0.549 bits per heavy atom. The third kappa shape index (κ3) is 9.73. The molecule has 0 radical (unpaired) electrons. The standard InChI is InChI=1S/C59H71ClF2N6O3/c1-71-49-32-24-41(25-33-49)27-37-55-66-51-35-31-46(62)39-53(51)68(55)59(43-16-8-3-9-17-43,57(70)64-48-20-12-5-13-21-48)58(42-14-6-2-7-15-42,56(69)63-47-18-10-4-11-19-47)67-52-38-45(61)30-34-50(52)65-54(67)36-26-40-22-28-44(60)29-23-40/h22-25,28-35,38-39,42-43,47-48H,2-21,26-27,36-37H2,1H3,(H,63,69)(H,64,70). The molecular weight excluding hydrogens is 914 g/mol. The first kappa shape index (κ1) is 49.3. The summed E-state index contributed by atoms with van der Waals surface area (Å²) < 4.78 is 42.7. The van der Waals surface area contributed by atoms with E-state index in [0.717, 1.165) is 120 Å². The van der Waals surface area contributed by atoms with Gasteiger partial charge in [-0.3, -0.25) is 9.59 Å². The molecule has 376 valence electrons. The lowest BCUT2D eigenvalue weighted by molar-refractivity contribution is -0.164. The molecule has 2 heterocycles. The van der Waals surface area contributed by atoms with Crippen LogP contribution in [0.15, 0.2) is 84.9 Å². The Labute approximate surface area is 422 Å². The van der Waals surface area contributed by atoms with Gasteiger partial charge in [0.05, 0.1) is 29.2 Å². The quantitative estimate of drug-likeness (QED) is 0.101. The number of carbonyl (C=O) groups excluding carboxylic acids is 2. The molecule has 2 amide bonds. The average molecular weight is 986 g/mol. The molecule has 2 atom stereocenters. The van der Waals surface area contributed by atoms with Crippen LogP contribution in [-0.4, -0.2) is 50.1 Å². The van der Waals surface area contributed by atoms with E-state index < -0.39 is 34.5 Å². The zero-order valence-corrected chi connectivity index (χ0v) is 42.3. The first-order valence-electron chi connectivity index (χ1n) is 27.0. The molecule has 2 N–H and O–H groups in total. The number of amides is 2. The molecule has 0 spiro atoms. The van der Waals surface area contributed by atoms with Crippen LogP contribution < -0.4 is 15.4 Å². The smallest absolute Gasteiger partial charge is 0.249 e. The topological polar surface area (TPSA) is 103 Å². The average Bonchev–Trinajstić information content (AvgIpc) is 3.95. The van der Waals surface area contributed by atoms with E-state index in [9.17, 15) is 0 Å². The van der Waals surface area contributed by atoms with Gasteiger partial charge >= 0.3 is 0 Å². The molecule has 12 heteroatoms. The number of aromatic nitrogens is 4. The molecule has 0 aliphatic heterocycles. The molecule has 71 heavy (non-hydrogen) atoms. The van der Waals surface area contributed by atoms with Crippen LogP contribution in [0.1, 0.15) is 151 Å². The third-order valence-electron chi connectivity index (χ3n) is 17.0. The van der Waals surface area contributed by atoms with Crippen LogP contribution in [0, 0.1) is 23.5 Å². The maximum atomic E-state index is 17.5. The number of methoxy groups -OCH3 is 1. The lowest BCUT2D eigenvalue weighted by Crippen LogP contribution is -2.76. The molecule has 6 aromatic rings. The number of hydrogen-bond acceptors (Lipinski definition) is 5. The number of aryl methyl sites for hydroxylation is 4. The Hall–Kier alpha value is -5.29. The van der Waals surface area contributed by atoms with Crippen molar-refractivity contribution in [2.24, 2.45) is 11.8 Å². The van der Waals surface area contributed by atoms with Crippen molar-refractivity contribution in [2.75, 3.05) is 7.11 Å². The molecule has 2 unspecified atom stereocenters. The number of benzene rings is 4. The molecule has 0 bridgehead atoms. The number of nitrogens with zero attached hydrogens (tertiary/aromatic N) is 4. The molecule has 4 fully saturated rings. The van der Waals surface area contributed by atoms with Crippen molar-refractivity contribution in [3.05, 3.63) is 124 Å². The summed E-state index contributed by atoms with van der Waals surface area (Å²) in [7, 11) is 1.66. The van der Waals surface area contributed by atoms with Gasteiger partial charge < -0.3 is 24.5 Å². The van der Waals surface area contributed by atoms with E-state index >= 15 is 18.4 Å². The van der Waals surface area contributed by atoms with Crippen LogP contribution in [-0.2, 0) is 46.4 Å². The second kappa shape index (κ2) is 21.8. The lowest BCUT2D eigenvalue weighted by Gasteiger charge is -2.59. The second-order valence-corrected chi connectivity index (χ2v) is 21.7. The minimum atomic E-state index is -1.75. The maximum Gasteiger partial charge on any atom is 0.249 e. The molecule has 10 rings (SSSR count). The fourth-order valence-electron chi connectivity index (χ4n) is 13.6. The van der Waals surface area contributed by atoms with E-state index in [1.165, 1.54) is 12.1 Å². The van der Waals surface area contributed by atoms with Gasteiger partial charge in [0.25, 0.3) is 0 Å². The van der Waals surface area contributed by atoms with Crippen molar-refractivity contribution in [3.8, 4) is 5.75 Å². The first-order valence-corrected chi connectivity index (χ1v) is 27.4. The number of carbonyl (C=O) groups is 2. The SMILES string of the molecule is COc1ccc(CCc2nc3ccc(F)cc3n2C(C(=O)NC2CCCCC2)(C2CCCCC2)C(C(=O)NC2CCCCC2)(C2CCCCC2)n2c(CCc3ccc(Cl)cc3)nc3ccc(F)cc32)cc1. The number of fused-ring (bicyclic) bond motifs is 2. The van der Waals surface area contributed by atoms with Gasteiger partial charge in [-0.05, 0) is 148 Å². The van der Waals surface area contributed by atoms with Crippen LogP contribution >= 0.6 is 11.6 Å². The minimum Gasteiger partial charge on any atom is -0.497 e. The predicted molar refractivity (Wildman–Crippen MR) is 278 cm³/mol. The number of imidazole rings is 2. The van der Waals surface area contributed by atoms with Crippen molar-refractivity contribution in [3.63, 3.8) is 0 Å². The van der Waals surface area contributed by atoms with Crippen molar-refractivity contribution >= 4 is 45.5 Å². The Balaban J connectivity index is 1.35. The molecule has 4 aromatic carbocycles. The van der Waals surface area contributed by atoms with Crippen LogP contribution in [0.25, 0.3) is 22.1 Å². The lowest BCUT2D eigenvalue weighted by atomic mass is 9.55. The van der Waals surface area contributed by atoms with Crippen molar-refractivity contribution in [1.29, 1.82) is 0 Å². The van der Waals surface area contributed by atoms with E-state index in [2.05, 4.69) is 31.9 Å². The van der Waals surface area contributed by atoms with E-state index in [-0.39, 0.29) is 23.9 Å². The normalized spacial score (nSPS) is 19.6. The summed E-state index contributed by atoms with van der Waals surface area (Å²) in [6.07, 6.45) is 19.5. The van der Waals surface area contributed by atoms with Crippen LogP contribution in [0.3, 0.4) is 0 Å². The summed E-state index contributed by atoms with van der Waals surface area (Å²) in [6, 6.07) is 25.0. The summed E-state index contributed by atoms with van der Waals surface area (Å²) in [5.41, 5.74) is 0.700. The van der Waals surface area contributed by atoms with Gasteiger partial charge in [-0.2, -0.15) is 0 Å². The Morgan fingerprint density at radius 2 is 0.930 bits per heavy atom. The molecule has 2 aromatic heterocycles. The van der Waals surface area contributed by atoms with Crippen molar-refractivity contribution in [1.82, 2.24) is 29.7 Å². The summed E-state index contributed by atoms with van der Waals surface area (Å²) in [5.74, 6) is -0.167. The highest BCUT2D eigenvalue weighted by atomic mass is 35.5. The fraction of sp³-hybridized carbons (Fsp3) is 0.525. The van der Waals surface area contributed by atoms with Gasteiger partial charge in [-0.25, -0.2) is 18.7 Å². The van der Waals surface area contributed by atoms with Gasteiger partial charge in [0, 0.05) is 29.9 Å². The van der Waals surface area contributed by atoms with Crippen molar-refractivity contribution in [2.45, 2.75) is 177 Å². The molecule has 0 saturated heterocycles. The summed E-state index contributed by atoms with van der Waals surface area (Å²) in [5, 5.41) is 8.14. The highest BCUT2D eigenvalue weighted by molar-refractivity contribution is 6.30. The van der Waals surface area contributed by atoms with Gasteiger partial charge in [0.15, 0.2) is 11.1 Å². The van der Waals surface area contributed by atoms with Crippen LogP contribution in [0.2, 0.25) is 5.02 Å². The largest absolute Gasteiger partial charge is 0.497 e. The maximum absolute atomic E-state index is 17.5. The third-order valence-corrected chi connectivity index (χ3v) is 17.2. The van der Waals surface area contributed by atoms with Gasteiger partial charge in [-0.1, -0.05) is 113 Å². The fourth-order valence-corrected chi connectivity index (χ4v) is 13.8. The van der Waals surface area contributed by atoms with Gasteiger partial charge in [0.2, 0.25) is 11.8 Å². The molecule has 4 saturated carbocycles. The highest BCUT2D eigenvalue weighted by Crippen LogP contribution is 2.58. The Bertz CT molecular complexity index is 2790. The number of rotatable bonds is 16. The monoisotopic (exact) mass is 985 g/mol. The minimum absolute atomic E-state index is 0.125. The number of hydrogen-bond donors (Lipinski definition) is 2. The summed E-state index contributed by atoms with van der Waals surface area (Å²) in [6.45, 7) is 0. The van der Waals surface area contributed by atoms with Crippen LogP contribution in [0.5, 0.6) is 5.75 Å². The summed E-state index contributed by atoms with van der Waals surface area (Å²) >= 11 is 6.42. The number of ether oxygens (including phenoxy) is 1. The molecular formula is C59H71ClF2N6O3. The molecule has 9 nitrogen and oxygen atoms in total. The van der Waals surface area contributed by atoms with E-state index in [1.807, 2.05) is 36.4 Å². The zero-order valence-electron chi connectivity index (χ0n) is 41.5. The molecule has 4 aliphatic carbocycles. The van der Waals surface area contributed by atoms with Crippen molar-refractivity contribution < 1.29 is 23.1 Å². The molecule has 4 aliphatic rings. The Morgan fingerprint density at radius 3 is 1.32 bits per heavy atom. The summed E-state index contributed by atoms with van der Waals surface area (Å²) in [4.78, 5) is 45.9.